The van der Waals surface area contributed by atoms with E-state index in [0.717, 1.165) is 0 Å². The molecule has 0 amide bonds. The van der Waals surface area contributed by atoms with Gasteiger partial charge in [0.15, 0.2) is 5.78 Å². The number of ketones is 1. The van der Waals surface area contributed by atoms with Crippen LogP contribution in [0.1, 0.15) is 27.7 Å². The maximum Gasteiger partial charge on any atom is 0.317 e. The third kappa shape index (κ3) is 12.4. The van der Waals surface area contributed by atoms with E-state index < -0.39 is 11.4 Å². The van der Waals surface area contributed by atoms with Gasteiger partial charge in [-0.05, 0) is 6.54 Å². The van der Waals surface area contributed by atoms with Gasteiger partial charge in [0, 0.05) is 31.6 Å². The van der Waals surface area contributed by atoms with Crippen LogP contribution in [0.5, 0.6) is 0 Å². The first-order valence-corrected chi connectivity index (χ1v) is 9.16. The molecule has 0 aromatic heterocycles. The van der Waals surface area contributed by atoms with Crippen LogP contribution in [-0.2, 0) is 28.7 Å². The summed E-state index contributed by atoms with van der Waals surface area (Å²) in [5.74, 6) is -0.837. The Balaban J connectivity index is 4.93. The monoisotopic (exact) mass is 403 g/mol. The molecule has 0 atom stereocenters. The van der Waals surface area contributed by atoms with Crippen LogP contribution in [0.2, 0.25) is 0 Å². The summed E-state index contributed by atoms with van der Waals surface area (Å²) in [6.07, 6.45) is 0. The van der Waals surface area contributed by atoms with E-state index in [-0.39, 0.29) is 32.3 Å². The predicted molar refractivity (Wildman–Crippen MR) is 101 cm³/mol. The van der Waals surface area contributed by atoms with Crippen molar-refractivity contribution >= 4 is 24.7 Å². The lowest BCUT2D eigenvalue weighted by Crippen LogP contribution is -2.45. The summed E-state index contributed by atoms with van der Waals surface area (Å²) < 4.78 is 9.42. The third-order valence-electron chi connectivity index (χ3n) is 4.13. The fourth-order valence-corrected chi connectivity index (χ4v) is 2.25. The van der Waals surface area contributed by atoms with Gasteiger partial charge in [0.25, 0.3) is 12.9 Å². The molecule has 0 aromatic carbocycles. The van der Waals surface area contributed by atoms with Crippen LogP contribution in [0.3, 0.4) is 0 Å². The molecule has 0 heterocycles. The highest BCUT2D eigenvalue weighted by molar-refractivity contribution is 5.85. The molecule has 0 saturated carbocycles. The van der Waals surface area contributed by atoms with E-state index >= 15 is 0 Å². The predicted octanol–water partition coefficient (Wildman–Crippen LogP) is -0.127. The minimum Gasteiger partial charge on any atom is -0.480 e. The average molecular weight is 403 g/mol. The minimum atomic E-state index is -0.901. The van der Waals surface area contributed by atoms with Gasteiger partial charge in [0.2, 0.25) is 0 Å². The van der Waals surface area contributed by atoms with Crippen molar-refractivity contribution in [3.05, 3.63) is 0 Å². The molecule has 0 aliphatic heterocycles. The molecule has 10 heteroatoms. The molecule has 0 aliphatic carbocycles. The van der Waals surface area contributed by atoms with E-state index in [9.17, 15) is 19.2 Å². The summed E-state index contributed by atoms with van der Waals surface area (Å²) in [6, 6.07) is 0. The van der Waals surface area contributed by atoms with Crippen LogP contribution >= 0.6 is 0 Å². The van der Waals surface area contributed by atoms with Crippen LogP contribution in [-0.4, -0.2) is 104 Å². The molecule has 28 heavy (non-hydrogen) atoms. The molecule has 0 fully saturated rings. The normalized spacial score (nSPS) is 11.7. The highest BCUT2D eigenvalue weighted by Crippen LogP contribution is 2.15. The molecular weight excluding hydrogens is 370 g/mol. The molecule has 0 bridgehead atoms. The maximum atomic E-state index is 12.5. The quantitative estimate of drug-likeness (QED) is 0.260. The minimum absolute atomic E-state index is 0.0432. The zero-order chi connectivity index (χ0) is 21.6. The van der Waals surface area contributed by atoms with E-state index in [4.69, 9.17) is 14.6 Å². The first-order valence-electron chi connectivity index (χ1n) is 9.16. The van der Waals surface area contributed by atoms with Crippen molar-refractivity contribution in [1.29, 1.82) is 0 Å². The number of carboxylic acids is 1. The lowest BCUT2D eigenvalue weighted by molar-refractivity contribution is -0.142. The Morgan fingerprint density at radius 3 is 1.71 bits per heavy atom. The molecule has 0 saturated heterocycles. The summed E-state index contributed by atoms with van der Waals surface area (Å²) in [4.78, 5) is 49.5. The third-order valence-corrected chi connectivity index (χ3v) is 4.13. The highest BCUT2D eigenvalue weighted by atomic mass is 16.6. The molecule has 0 spiro atoms. The van der Waals surface area contributed by atoms with Crippen molar-refractivity contribution in [3.63, 3.8) is 0 Å². The summed E-state index contributed by atoms with van der Waals surface area (Å²) in [5.41, 5.74) is -0.495. The van der Waals surface area contributed by atoms with E-state index in [1.807, 2.05) is 32.6 Å². The summed E-state index contributed by atoms with van der Waals surface area (Å²) in [5, 5.41) is 8.97. The number of carbonyl (C=O) groups is 4. The second-order valence-corrected chi connectivity index (χ2v) is 7.39. The van der Waals surface area contributed by atoms with E-state index in [0.29, 0.717) is 45.7 Å². The molecule has 162 valence electrons. The van der Waals surface area contributed by atoms with Crippen molar-refractivity contribution in [2.75, 3.05) is 59.3 Å². The number of carboxylic acid groups (broad SMARTS) is 1. The maximum absolute atomic E-state index is 12.5. The number of Topliss-reactive ketones (excluding diaryl/α,β-unsaturated/α-hetero) is 1. The van der Waals surface area contributed by atoms with Crippen LogP contribution in [0.4, 0.5) is 0 Å². The first-order chi connectivity index (χ1) is 13.1. The number of ether oxygens (including phenoxy) is 2. The number of nitrogens with zero attached hydrogens (tertiary/aromatic N) is 3. The molecule has 0 radical (unpaired) electrons. The fourth-order valence-electron chi connectivity index (χ4n) is 2.25. The number of aliphatic carboxylic acids is 1. The van der Waals surface area contributed by atoms with Gasteiger partial charge < -0.3 is 14.6 Å². The van der Waals surface area contributed by atoms with Crippen LogP contribution in [0.15, 0.2) is 0 Å². The zero-order valence-electron chi connectivity index (χ0n) is 17.3. The van der Waals surface area contributed by atoms with Crippen LogP contribution in [0, 0.1) is 5.41 Å². The average Bonchev–Trinajstić information content (AvgIpc) is 2.62. The Morgan fingerprint density at radius 2 is 1.32 bits per heavy atom. The number of hydrogen-bond donors (Lipinski definition) is 1. The smallest absolute Gasteiger partial charge is 0.317 e. The lowest BCUT2D eigenvalue weighted by Gasteiger charge is -2.30. The van der Waals surface area contributed by atoms with Crippen LogP contribution in [0.25, 0.3) is 0 Å². The topological polar surface area (TPSA) is 117 Å². The summed E-state index contributed by atoms with van der Waals surface area (Å²) >= 11 is 0. The van der Waals surface area contributed by atoms with Gasteiger partial charge in [-0.1, -0.05) is 27.7 Å². The molecule has 10 nitrogen and oxygen atoms in total. The number of likely N-dealkylation sites (N-methyl/N-ethyl adjacent to an activating group) is 1. The van der Waals surface area contributed by atoms with Gasteiger partial charge in [-0.2, -0.15) is 0 Å². The van der Waals surface area contributed by atoms with Gasteiger partial charge >= 0.3 is 5.97 Å². The Kier molecular flexibility index (Phi) is 13.0. The van der Waals surface area contributed by atoms with E-state index in [2.05, 4.69) is 0 Å². The molecule has 0 aromatic rings. The van der Waals surface area contributed by atoms with Gasteiger partial charge in [-0.15, -0.1) is 0 Å². The Labute approximate surface area is 166 Å². The fraction of sp³-hybridized carbons (Fsp3) is 0.778. The number of rotatable bonds is 17. The van der Waals surface area contributed by atoms with Crippen molar-refractivity contribution in [1.82, 2.24) is 14.7 Å². The SMILES string of the molecule is CCN(CCN(CCN(COC=O)COC=O)CC(=O)C(C)(C)C)CC(=O)O. The van der Waals surface area contributed by atoms with Gasteiger partial charge in [-0.3, -0.25) is 29.0 Å². The largest absolute Gasteiger partial charge is 0.480 e. The zero-order valence-corrected chi connectivity index (χ0v) is 17.3. The van der Waals surface area contributed by atoms with Gasteiger partial charge in [0.1, 0.15) is 13.5 Å². The van der Waals surface area contributed by atoms with Crippen molar-refractivity contribution in [2.24, 2.45) is 5.41 Å². The first kappa shape index (κ1) is 26.0. The van der Waals surface area contributed by atoms with Crippen LogP contribution < -0.4 is 0 Å². The van der Waals surface area contributed by atoms with Crippen molar-refractivity contribution in [2.45, 2.75) is 27.7 Å². The van der Waals surface area contributed by atoms with Gasteiger partial charge in [-0.25, -0.2) is 4.90 Å². The molecule has 0 rings (SSSR count). The second kappa shape index (κ2) is 14.0. The van der Waals surface area contributed by atoms with E-state index in [1.54, 1.807) is 9.80 Å². The summed E-state index contributed by atoms with van der Waals surface area (Å²) in [6.45, 7) is 10.5. The molecular formula is C18H33N3O7. The highest BCUT2D eigenvalue weighted by Gasteiger charge is 2.24. The number of carbonyl (C=O) groups excluding carboxylic acids is 3. The van der Waals surface area contributed by atoms with Crippen molar-refractivity contribution in [3.8, 4) is 0 Å². The van der Waals surface area contributed by atoms with E-state index in [1.165, 1.54) is 0 Å². The Hall–Kier alpha value is -2.04. The lowest BCUT2D eigenvalue weighted by atomic mass is 9.90. The second-order valence-electron chi connectivity index (χ2n) is 7.39. The Bertz CT molecular complexity index is 482. The molecule has 0 unspecified atom stereocenters. The standard InChI is InChI=1S/C18H33N3O7/c1-5-19(11-17(25)26)6-7-20(10-16(24)18(2,3)4)8-9-21(12-27-14-22)13-28-15-23/h14-15H,5-13H2,1-4H3,(H,25,26). The molecule has 1 N–H and O–H groups in total. The van der Waals surface area contributed by atoms with Gasteiger partial charge in [0.05, 0.1) is 13.1 Å². The number of hydrogen-bond acceptors (Lipinski definition) is 9. The Morgan fingerprint density at radius 1 is 0.857 bits per heavy atom. The molecule has 0 aliphatic rings. The van der Waals surface area contributed by atoms with Crippen molar-refractivity contribution < 1.29 is 33.8 Å². The summed E-state index contributed by atoms with van der Waals surface area (Å²) in [7, 11) is 0.